The Hall–Kier alpha value is -3.27. The van der Waals surface area contributed by atoms with E-state index in [0.717, 1.165) is 20.8 Å². The van der Waals surface area contributed by atoms with Crippen LogP contribution in [0.2, 0.25) is 0 Å². The lowest BCUT2D eigenvalue weighted by molar-refractivity contribution is 0.0975. The normalized spacial score (nSPS) is 10.9. The number of amides is 1. The number of carbonyl (C=O) groups excluding carboxylic acids is 1. The molecule has 6 nitrogen and oxygen atoms in total. The first kappa shape index (κ1) is 23.5. The maximum atomic E-state index is 13.1. The Morgan fingerprint density at radius 1 is 1.03 bits per heavy atom. The lowest BCUT2D eigenvalue weighted by Crippen LogP contribution is -2.34. The highest BCUT2D eigenvalue weighted by Crippen LogP contribution is 2.36. The summed E-state index contributed by atoms with van der Waals surface area (Å²) in [5.74, 6) is 0.571. The summed E-state index contributed by atoms with van der Waals surface area (Å²) in [5, 5.41) is 7.77. The minimum absolute atomic E-state index is 0.149. The zero-order valence-corrected chi connectivity index (χ0v) is 22.3. The van der Waals surface area contributed by atoms with Crippen LogP contribution in [0, 0.1) is 0 Å². The van der Waals surface area contributed by atoms with E-state index < -0.39 is 0 Å². The third-order valence-electron chi connectivity index (χ3n) is 5.33. The number of hydrogen-bond acceptors (Lipinski definition) is 5. The van der Waals surface area contributed by atoms with E-state index >= 15 is 0 Å². The van der Waals surface area contributed by atoms with Gasteiger partial charge < -0.3 is 14.5 Å². The van der Waals surface area contributed by atoms with Crippen molar-refractivity contribution >= 4 is 82.7 Å². The second-order valence-corrected chi connectivity index (χ2v) is 9.73. The van der Waals surface area contributed by atoms with Crippen molar-refractivity contribution in [2.45, 2.75) is 0 Å². The fraction of sp³-hybridized carbons (Fsp3) is 0.0385. The van der Waals surface area contributed by atoms with E-state index in [-0.39, 0.29) is 11.0 Å². The lowest BCUT2D eigenvalue weighted by atomic mass is 10.1. The Balaban J connectivity index is 1.35. The molecule has 9 heteroatoms. The molecule has 0 radical (unpaired) electrons. The van der Waals surface area contributed by atoms with E-state index in [9.17, 15) is 4.79 Å². The Bertz CT molecular complexity index is 1620. The molecule has 0 aliphatic heterocycles. The van der Waals surface area contributed by atoms with Gasteiger partial charge in [0.05, 0.1) is 17.1 Å². The van der Waals surface area contributed by atoms with E-state index in [0.29, 0.717) is 38.5 Å². The predicted octanol–water partition coefficient (Wildman–Crippen LogP) is 7.31. The zero-order valence-electron chi connectivity index (χ0n) is 18.3. The Morgan fingerprint density at radius 3 is 2.66 bits per heavy atom. The number of rotatable bonds is 4. The second kappa shape index (κ2) is 9.77. The number of carbonyl (C=O) groups is 1. The molecule has 2 N–H and O–H groups in total. The first-order valence-electron chi connectivity index (χ1n) is 10.5. The summed E-state index contributed by atoms with van der Waals surface area (Å²) in [6.07, 6.45) is 0. The molecule has 0 spiro atoms. The van der Waals surface area contributed by atoms with Crippen LogP contribution in [-0.2, 0) is 0 Å². The summed E-state index contributed by atoms with van der Waals surface area (Å²) in [5.41, 5.74) is 3.21. The average Bonchev–Trinajstić information content (AvgIpc) is 3.27. The van der Waals surface area contributed by atoms with Gasteiger partial charge in [-0.3, -0.25) is 10.1 Å². The number of halogens is 2. The fourth-order valence-electron chi connectivity index (χ4n) is 3.74. The largest absolute Gasteiger partial charge is 0.495 e. The molecule has 35 heavy (non-hydrogen) atoms. The topological polar surface area (TPSA) is 76.4 Å². The average molecular weight is 611 g/mol. The van der Waals surface area contributed by atoms with Crippen molar-refractivity contribution in [3.05, 3.63) is 87.3 Å². The van der Waals surface area contributed by atoms with E-state index in [1.807, 2.05) is 60.7 Å². The number of thiocarbonyl (C=S) groups is 1. The van der Waals surface area contributed by atoms with Crippen LogP contribution in [0.1, 0.15) is 10.4 Å². The van der Waals surface area contributed by atoms with E-state index in [4.69, 9.17) is 21.4 Å². The number of fused-ring (bicyclic) bond motifs is 2. The number of oxazole rings is 1. The van der Waals surface area contributed by atoms with E-state index in [2.05, 4.69) is 47.5 Å². The standard InChI is InChI=1S/C26H17Br2N3O3S/c1-33-23-19(12-14-5-2-3-8-18(14)22(23)28)24(32)31-26(35)29-17-9-10-21-20(13-17)30-25(34-21)15-6-4-7-16(27)11-15/h2-13H,1H3,(H2,29,31,32,35). The van der Waals surface area contributed by atoms with Crippen LogP contribution in [0.5, 0.6) is 5.75 Å². The molecule has 0 aliphatic carbocycles. The van der Waals surface area contributed by atoms with E-state index in [1.165, 1.54) is 7.11 Å². The number of benzene rings is 4. The minimum Gasteiger partial charge on any atom is -0.495 e. The number of aromatic nitrogens is 1. The van der Waals surface area contributed by atoms with Crippen LogP contribution < -0.4 is 15.4 Å². The third-order valence-corrected chi connectivity index (χ3v) is 6.82. The summed E-state index contributed by atoms with van der Waals surface area (Å²) in [6, 6.07) is 22.7. The maximum absolute atomic E-state index is 13.1. The molecule has 5 rings (SSSR count). The molecule has 0 aliphatic rings. The Kier molecular flexibility index (Phi) is 6.55. The van der Waals surface area contributed by atoms with Crippen molar-refractivity contribution in [1.29, 1.82) is 0 Å². The highest BCUT2D eigenvalue weighted by molar-refractivity contribution is 9.11. The molecule has 0 atom stereocenters. The molecule has 174 valence electrons. The Morgan fingerprint density at radius 2 is 1.86 bits per heavy atom. The van der Waals surface area contributed by atoms with Gasteiger partial charge >= 0.3 is 0 Å². The van der Waals surface area contributed by atoms with Crippen molar-refractivity contribution < 1.29 is 13.9 Å². The number of nitrogens with zero attached hydrogens (tertiary/aromatic N) is 1. The summed E-state index contributed by atoms with van der Waals surface area (Å²) in [7, 11) is 1.53. The van der Waals surface area contributed by atoms with Gasteiger partial charge in [-0.15, -0.1) is 0 Å². The van der Waals surface area contributed by atoms with Crippen molar-refractivity contribution in [2.75, 3.05) is 12.4 Å². The highest BCUT2D eigenvalue weighted by Gasteiger charge is 2.19. The zero-order chi connectivity index (χ0) is 24.5. The lowest BCUT2D eigenvalue weighted by Gasteiger charge is -2.14. The molecule has 0 unspecified atom stereocenters. The number of anilines is 1. The highest BCUT2D eigenvalue weighted by atomic mass is 79.9. The first-order chi connectivity index (χ1) is 16.9. The molecule has 0 fully saturated rings. The monoisotopic (exact) mass is 609 g/mol. The van der Waals surface area contributed by atoms with Gasteiger partial charge in [-0.25, -0.2) is 4.98 Å². The first-order valence-corrected chi connectivity index (χ1v) is 12.5. The second-order valence-electron chi connectivity index (χ2n) is 7.61. The van der Waals surface area contributed by atoms with Crippen molar-refractivity contribution in [1.82, 2.24) is 10.3 Å². The summed E-state index contributed by atoms with van der Waals surface area (Å²) < 4.78 is 13.0. The smallest absolute Gasteiger partial charge is 0.261 e. The van der Waals surface area contributed by atoms with Crippen molar-refractivity contribution in [3.63, 3.8) is 0 Å². The molecule has 4 aromatic carbocycles. The van der Waals surface area contributed by atoms with Crippen LogP contribution in [-0.4, -0.2) is 23.1 Å². The molecular formula is C26H17Br2N3O3S. The molecule has 5 aromatic rings. The van der Waals surface area contributed by atoms with Crippen molar-refractivity contribution in [2.24, 2.45) is 0 Å². The van der Waals surface area contributed by atoms with Crippen LogP contribution in [0.4, 0.5) is 5.69 Å². The Labute approximate surface area is 222 Å². The van der Waals surface area contributed by atoms with Crippen LogP contribution in [0.3, 0.4) is 0 Å². The quantitative estimate of drug-likeness (QED) is 0.208. The SMILES string of the molecule is COc1c(C(=O)NC(=S)Nc2ccc3oc(-c4cccc(Br)c4)nc3c2)cc2ccccc2c1Br. The molecule has 0 bridgehead atoms. The number of nitrogens with one attached hydrogen (secondary N) is 2. The number of ether oxygens (including phenoxy) is 1. The van der Waals surface area contributed by atoms with Gasteiger partial charge in [0.25, 0.3) is 5.91 Å². The molecule has 0 saturated carbocycles. The van der Waals surface area contributed by atoms with E-state index in [1.54, 1.807) is 12.1 Å². The fourth-order valence-corrected chi connectivity index (χ4v) is 5.08. The van der Waals surface area contributed by atoms with Gasteiger partial charge in [0.1, 0.15) is 11.3 Å². The van der Waals surface area contributed by atoms with Gasteiger partial charge in [-0.05, 0) is 81.4 Å². The van der Waals surface area contributed by atoms with Crippen LogP contribution >= 0.6 is 44.1 Å². The molecule has 1 aromatic heterocycles. The third kappa shape index (κ3) is 4.80. The molecule has 0 saturated heterocycles. The van der Waals surface area contributed by atoms with Crippen LogP contribution in [0.15, 0.2) is 86.2 Å². The minimum atomic E-state index is -0.384. The van der Waals surface area contributed by atoms with Gasteiger partial charge in [0, 0.05) is 15.7 Å². The van der Waals surface area contributed by atoms with Gasteiger partial charge in [-0.2, -0.15) is 0 Å². The molecule has 1 heterocycles. The van der Waals surface area contributed by atoms with Gasteiger partial charge in [0.2, 0.25) is 5.89 Å². The summed E-state index contributed by atoms with van der Waals surface area (Å²) >= 11 is 12.4. The molecular weight excluding hydrogens is 594 g/mol. The predicted molar refractivity (Wildman–Crippen MR) is 149 cm³/mol. The maximum Gasteiger partial charge on any atom is 0.261 e. The number of methoxy groups -OCH3 is 1. The van der Waals surface area contributed by atoms with Gasteiger partial charge in [-0.1, -0.05) is 46.3 Å². The van der Waals surface area contributed by atoms with Gasteiger partial charge in [0.15, 0.2) is 10.7 Å². The van der Waals surface area contributed by atoms with Crippen molar-refractivity contribution in [3.8, 4) is 17.2 Å². The molecule has 1 amide bonds. The van der Waals surface area contributed by atoms with Crippen LogP contribution in [0.25, 0.3) is 33.3 Å². The summed E-state index contributed by atoms with van der Waals surface area (Å²) in [4.78, 5) is 17.6. The summed E-state index contributed by atoms with van der Waals surface area (Å²) in [6.45, 7) is 0. The number of hydrogen-bond donors (Lipinski definition) is 2.